The van der Waals surface area contributed by atoms with Crippen LogP contribution in [-0.2, 0) is 77.8 Å². The summed E-state index contributed by atoms with van der Waals surface area (Å²) in [7, 11) is 0. The zero-order valence-electron chi connectivity index (χ0n) is 43.5. The molecule has 0 aliphatic carbocycles. The van der Waals surface area contributed by atoms with Gasteiger partial charge in [0.25, 0.3) is 0 Å². The minimum Gasteiger partial charge on any atom is -0.454 e. The van der Waals surface area contributed by atoms with Crippen LogP contribution >= 0.6 is 0 Å². The van der Waals surface area contributed by atoms with Gasteiger partial charge >= 0.3 is 5.97 Å². The minimum atomic E-state index is -1.20. The summed E-state index contributed by atoms with van der Waals surface area (Å²) in [6.45, 7) is 29.9. The van der Waals surface area contributed by atoms with Gasteiger partial charge in [-0.3, -0.25) is 9.59 Å². The van der Waals surface area contributed by atoms with Crippen LogP contribution in [0, 0.1) is 41.4 Å². The number of nitrogens with one attached hydrogen (secondary N) is 1. The predicted octanol–water partition coefficient (Wildman–Crippen LogP) is 5.89. The molecular formula is C52H83NO16. The first-order valence-electron chi connectivity index (χ1n) is 25.5. The van der Waals surface area contributed by atoms with E-state index in [9.17, 15) is 14.7 Å². The average Bonchev–Trinajstić information content (AvgIpc) is 3.29. The maximum absolute atomic E-state index is 13.0. The Balaban J connectivity index is 1.10. The van der Waals surface area contributed by atoms with Gasteiger partial charge < -0.3 is 72.0 Å². The summed E-state index contributed by atoms with van der Waals surface area (Å²) in [5.74, 6) is -2.02. The number of aliphatic hydroxyl groups excluding tert-OH is 1. The van der Waals surface area contributed by atoms with E-state index in [1.807, 2.05) is 85.7 Å². The Morgan fingerprint density at radius 1 is 0.623 bits per heavy atom. The molecule has 10 unspecified atom stereocenters. The fourth-order valence-electron chi connectivity index (χ4n) is 10.9. The number of carbonyl (C=O) groups is 2. The lowest BCUT2D eigenvalue weighted by Crippen LogP contribution is -2.70. The second kappa shape index (κ2) is 22.8. The number of ether oxygens (including phenoxy) is 13. The van der Waals surface area contributed by atoms with Crippen LogP contribution in [0.3, 0.4) is 0 Å². The van der Waals surface area contributed by atoms with E-state index in [-0.39, 0.29) is 72.3 Å². The highest BCUT2D eigenvalue weighted by atomic mass is 16.8. The Morgan fingerprint density at radius 2 is 1.20 bits per heavy atom. The minimum absolute atomic E-state index is 0.0178. The van der Waals surface area contributed by atoms with Gasteiger partial charge in [-0.1, -0.05) is 78.8 Å². The molecule has 6 saturated heterocycles. The van der Waals surface area contributed by atoms with E-state index >= 15 is 0 Å². The molecule has 0 spiro atoms. The Bertz CT molecular complexity index is 1830. The largest absolute Gasteiger partial charge is 0.454 e. The molecule has 1 amide bonds. The lowest BCUT2D eigenvalue weighted by Gasteiger charge is -2.53. The SMILES string of the molecule is CC(=O)NC1[C@H](C)OC2COC(C)(C)O[C@H]2[C@@H]1O[C@@H]1OC(C)[C@H](C)[C@H](O[C@@H]2OC(C)[C@H](C)[C@H](C)C2O[C@@H]2OC(C)[C@H](C)[C@H](O[C@H]3O[C@@H](COCc4ccccc4)[C@@H](C)C(C)C3C)C2O)C1OC(C)=O. The van der Waals surface area contributed by atoms with Crippen LogP contribution in [0.15, 0.2) is 30.3 Å². The van der Waals surface area contributed by atoms with E-state index in [0.29, 0.717) is 13.2 Å². The number of amides is 1. The highest BCUT2D eigenvalue weighted by molar-refractivity contribution is 5.73. The van der Waals surface area contributed by atoms with Crippen molar-refractivity contribution in [3.05, 3.63) is 35.9 Å². The van der Waals surface area contributed by atoms with E-state index < -0.39 is 104 Å². The van der Waals surface area contributed by atoms with Crippen LogP contribution in [0.1, 0.15) is 109 Å². The van der Waals surface area contributed by atoms with E-state index in [4.69, 9.17) is 61.6 Å². The Morgan fingerprint density at radius 3 is 1.86 bits per heavy atom. The van der Waals surface area contributed by atoms with Gasteiger partial charge in [-0.05, 0) is 70.8 Å². The van der Waals surface area contributed by atoms with Crippen molar-refractivity contribution < 1.29 is 76.3 Å². The number of aliphatic hydroxyl groups is 1. The van der Waals surface area contributed by atoms with Gasteiger partial charge in [-0.25, -0.2) is 0 Å². The van der Waals surface area contributed by atoms with Gasteiger partial charge in [0, 0.05) is 31.6 Å². The summed E-state index contributed by atoms with van der Waals surface area (Å²) in [4.78, 5) is 25.6. The van der Waals surface area contributed by atoms with Gasteiger partial charge in [0.2, 0.25) is 5.91 Å². The number of rotatable bonds is 14. The van der Waals surface area contributed by atoms with Gasteiger partial charge in [-0.15, -0.1) is 0 Å². The summed E-state index contributed by atoms with van der Waals surface area (Å²) in [5.41, 5.74) is 1.09. The monoisotopic (exact) mass is 978 g/mol. The molecule has 25 atom stereocenters. The fraction of sp³-hybridized carbons (Fsp3) is 0.846. The maximum atomic E-state index is 13.0. The van der Waals surface area contributed by atoms with Crippen LogP contribution in [0.2, 0.25) is 0 Å². The molecule has 6 fully saturated rings. The molecule has 2 N–H and O–H groups in total. The number of hydrogen-bond donors (Lipinski definition) is 2. The summed E-state index contributed by atoms with van der Waals surface area (Å²) >= 11 is 0. The molecular weight excluding hydrogens is 895 g/mol. The van der Waals surface area contributed by atoms with E-state index in [1.165, 1.54) is 13.8 Å². The van der Waals surface area contributed by atoms with Crippen molar-refractivity contribution >= 4 is 11.9 Å². The van der Waals surface area contributed by atoms with Crippen LogP contribution < -0.4 is 5.32 Å². The molecule has 6 heterocycles. The first-order chi connectivity index (χ1) is 32.5. The average molecular weight is 978 g/mol. The van der Waals surface area contributed by atoms with Crippen molar-refractivity contribution in [2.45, 2.75) is 227 Å². The molecule has 1 aromatic carbocycles. The maximum Gasteiger partial charge on any atom is 0.303 e. The van der Waals surface area contributed by atoms with Gasteiger partial charge in [0.15, 0.2) is 37.1 Å². The number of esters is 1. The Kier molecular flexibility index (Phi) is 18.0. The Hall–Kier alpha value is -2.36. The highest BCUT2D eigenvalue weighted by Gasteiger charge is 2.57. The summed E-state index contributed by atoms with van der Waals surface area (Å²) in [5, 5.41) is 15.3. The van der Waals surface area contributed by atoms with E-state index in [2.05, 4.69) is 39.9 Å². The molecule has 69 heavy (non-hydrogen) atoms. The van der Waals surface area contributed by atoms with Gasteiger partial charge in [-0.2, -0.15) is 0 Å². The highest BCUT2D eigenvalue weighted by Crippen LogP contribution is 2.43. The second-order valence-corrected chi connectivity index (χ2v) is 21.6. The molecule has 0 aromatic heterocycles. The van der Waals surface area contributed by atoms with E-state index in [0.717, 1.165) is 5.56 Å². The third kappa shape index (κ3) is 12.4. The summed E-state index contributed by atoms with van der Waals surface area (Å²) < 4.78 is 85.1. The molecule has 17 heteroatoms. The normalized spacial score (nSPS) is 46.9. The molecule has 0 saturated carbocycles. The van der Waals surface area contributed by atoms with Crippen LogP contribution in [0.25, 0.3) is 0 Å². The first kappa shape index (κ1) is 54.4. The van der Waals surface area contributed by atoms with Crippen molar-refractivity contribution in [3.8, 4) is 0 Å². The molecule has 392 valence electrons. The molecule has 17 nitrogen and oxygen atoms in total. The quantitative estimate of drug-likeness (QED) is 0.210. The van der Waals surface area contributed by atoms with Gasteiger partial charge in [0.1, 0.15) is 36.6 Å². The van der Waals surface area contributed by atoms with Crippen molar-refractivity contribution in [1.82, 2.24) is 5.32 Å². The number of hydrogen-bond acceptors (Lipinski definition) is 16. The smallest absolute Gasteiger partial charge is 0.303 e. The molecule has 0 bridgehead atoms. The molecule has 6 aliphatic rings. The van der Waals surface area contributed by atoms with Crippen molar-refractivity contribution in [2.24, 2.45) is 41.4 Å². The first-order valence-corrected chi connectivity index (χ1v) is 25.5. The molecule has 1 aromatic rings. The predicted molar refractivity (Wildman–Crippen MR) is 250 cm³/mol. The lowest BCUT2D eigenvalue weighted by atomic mass is 9.79. The molecule has 6 aliphatic heterocycles. The molecule has 7 rings (SSSR count). The number of carbonyl (C=O) groups excluding carboxylic acids is 2. The Labute approximate surface area is 409 Å². The van der Waals surface area contributed by atoms with Crippen molar-refractivity contribution in [1.29, 1.82) is 0 Å². The molecule has 0 radical (unpaired) electrons. The number of fused-ring (bicyclic) bond motifs is 1. The van der Waals surface area contributed by atoms with E-state index in [1.54, 1.807) is 0 Å². The van der Waals surface area contributed by atoms with Gasteiger partial charge in [0.05, 0.1) is 62.5 Å². The summed E-state index contributed by atoms with van der Waals surface area (Å²) in [6.07, 6.45) is -12.3. The second-order valence-electron chi connectivity index (χ2n) is 21.6. The third-order valence-electron chi connectivity index (χ3n) is 16.3. The van der Waals surface area contributed by atoms with Crippen LogP contribution in [0.5, 0.6) is 0 Å². The van der Waals surface area contributed by atoms with Crippen molar-refractivity contribution in [2.75, 3.05) is 13.2 Å². The topological polar surface area (TPSA) is 186 Å². The fourth-order valence-corrected chi connectivity index (χ4v) is 10.9. The standard InChI is InChI=1S/C52H83NO16/c1-24-26(3)38(22-57-21-37-19-17-16-18-20-37)64-48(28(24)5)65-42-29(6)32(9)60-49(41(42)56)67-44-27(4)25(2)31(8)61-50(44)66-43-30(7)33(10)62-51(47(43)63-36(13)55)68-46-40(53-35(12)54)34(11)59-39-23-58-52(14,15)69-45(39)46/h16-20,24-34,38-51,56H,21-23H2,1-15H3,(H,53,54)/t24?,25-,26+,27+,28?,29+,30+,31?,32?,33?,34+,38+,39?,40?,41?,42+,43+,44?,45-,46-,47?,48-,49+,50+,51+/m1/s1. The zero-order valence-corrected chi connectivity index (χ0v) is 43.5. The van der Waals surface area contributed by atoms with Crippen molar-refractivity contribution in [3.63, 3.8) is 0 Å². The van der Waals surface area contributed by atoms with Crippen LogP contribution in [0.4, 0.5) is 0 Å². The zero-order chi connectivity index (χ0) is 50.2. The summed E-state index contributed by atoms with van der Waals surface area (Å²) in [6, 6.07) is 9.41. The number of benzene rings is 1. The van der Waals surface area contributed by atoms with Crippen LogP contribution in [-0.4, -0.2) is 147 Å². The lowest BCUT2D eigenvalue weighted by molar-refractivity contribution is -0.390. The third-order valence-corrected chi connectivity index (χ3v) is 16.3.